The van der Waals surface area contributed by atoms with E-state index in [9.17, 15) is 5.11 Å². The molecule has 0 bridgehead atoms. The van der Waals surface area contributed by atoms with E-state index in [1.165, 1.54) is 0 Å². The third kappa shape index (κ3) is 7.81. The number of hydrogen-bond donors (Lipinski definition) is 1. The Morgan fingerprint density at radius 1 is 0.756 bits per heavy atom. The molecule has 0 aliphatic rings. The van der Waals surface area contributed by atoms with Crippen molar-refractivity contribution in [2.75, 3.05) is 30.0 Å². The highest BCUT2D eigenvalue weighted by atomic mass is 35.5. The van der Waals surface area contributed by atoms with Gasteiger partial charge in [-0.2, -0.15) is 0 Å². The lowest BCUT2D eigenvalue weighted by atomic mass is 9.96. The molecule has 0 aliphatic carbocycles. The van der Waals surface area contributed by atoms with E-state index in [1.54, 1.807) is 0 Å². The van der Waals surface area contributed by atoms with Gasteiger partial charge < -0.3 is 19.6 Å². The topological polar surface area (TPSA) is 35.9 Å². The van der Waals surface area contributed by atoms with Crippen molar-refractivity contribution in [3.63, 3.8) is 0 Å². The molecule has 1 atom stereocenters. The van der Waals surface area contributed by atoms with Crippen LogP contribution in [0.15, 0.2) is 110 Å². The van der Waals surface area contributed by atoms with Gasteiger partial charge in [-0.15, -0.1) is 0 Å². The minimum Gasteiger partial charge on any atom is -0.508 e. The molecule has 5 heteroatoms. The summed E-state index contributed by atoms with van der Waals surface area (Å²) in [5.74, 6) is 0.292. The fourth-order valence-corrected chi connectivity index (χ4v) is 4.79. The normalized spacial score (nSPS) is 11.8. The van der Waals surface area contributed by atoms with Crippen LogP contribution in [-0.4, -0.2) is 31.4 Å². The molecular weight excluding hydrogens is 528 g/mol. The molecule has 0 saturated carbocycles. The van der Waals surface area contributed by atoms with E-state index >= 15 is 0 Å². The van der Waals surface area contributed by atoms with Gasteiger partial charge in [-0.3, -0.25) is 0 Å². The number of aliphatic hydroxyl groups excluding tert-OH is 1. The van der Waals surface area contributed by atoms with Gasteiger partial charge in [-0.05, 0) is 103 Å². The molecule has 0 aliphatic heterocycles. The monoisotopic (exact) mass is 566 g/mol. The van der Waals surface area contributed by atoms with Crippen LogP contribution in [0, 0.1) is 5.92 Å². The van der Waals surface area contributed by atoms with Crippen LogP contribution in [-0.2, 0) is 4.74 Å². The summed E-state index contributed by atoms with van der Waals surface area (Å²) >= 11 is 6.06. The first-order valence-corrected chi connectivity index (χ1v) is 14.3. The Labute approximate surface area is 249 Å². The molecule has 0 amide bonds. The van der Waals surface area contributed by atoms with Crippen LogP contribution in [0.25, 0.3) is 11.3 Å². The largest absolute Gasteiger partial charge is 0.508 e. The number of para-hydroxylation sites is 1. The predicted molar refractivity (Wildman–Crippen MR) is 176 cm³/mol. The molecule has 0 saturated heterocycles. The van der Waals surface area contributed by atoms with Crippen molar-refractivity contribution < 1.29 is 9.84 Å². The first-order chi connectivity index (χ1) is 19.6. The molecule has 41 heavy (non-hydrogen) atoms. The molecular formula is C36H39ClN2O2. The van der Waals surface area contributed by atoms with Gasteiger partial charge in [-0.1, -0.05) is 62.0 Å². The molecule has 4 aromatic rings. The highest BCUT2D eigenvalue weighted by Gasteiger charge is 2.18. The maximum Gasteiger partial charge on any atom is 0.115 e. The second-order valence-electron chi connectivity index (χ2n) is 10.7. The number of aliphatic hydroxyl groups is 1. The van der Waals surface area contributed by atoms with Crippen molar-refractivity contribution in [2.24, 2.45) is 5.92 Å². The van der Waals surface area contributed by atoms with Crippen LogP contribution < -0.4 is 9.80 Å². The van der Waals surface area contributed by atoms with Crippen LogP contribution >= 0.6 is 11.6 Å². The van der Waals surface area contributed by atoms with Gasteiger partial charge in [0, 0.05) is 46.9 Å². The fourth-order valence-electron chi connectivity index (χ4n) is 4.66. The molecule has 0 radical (unpaired) electrons. The molecule has 0 heterocycles. The van der Waals surface area contributed by atoms with Gasteiger partial charge >= 0.3 is 0 Å². The molecule has 4 rings (SSSR count). The van der Waals surface area contributed by atoms with E-state index in [2.05, 4.69) is 86.2 Å². The molecule has 1 unspecified atom stereocenters. The molecule has 212 valence electrons. The average molecular weight is 567 g/mol. The lowest BCUT2D eigenvalue weighted by Gasteiger charge is -2.29. The Kier molecular flexibility index (Phi) is 9.93. The van der Waals surface area contributed by atoms with Gasteiger partial charge in [0.05, 0.1) is 12.7 Å². The molecule has 1 N–H and O–H groups in total. The number of halogens is 1. The third-order valence-electron chi connectivity index (χ3n) is 7.00. The summed E-state index contributed by atoms with van der Waals surface area (Å²) in [5.41, 5.74) is 7.55. The standard InChI is InChI=1S/C36H39ClN2O2/c1-25(2)41-24-26(3)23-39(35-10-8-7-9-11-35)36-21-30(20-31(22-36)28(5)40)27(4)29-12-16-33(17-13-29)38(6)34-18-14-32(37)15-19-34/h7-22,25-26,40H,4-5,23-24H2,1-3,6H3. The number of hydrogen-bond acceptors (Lipinski definition) is 4. The average Bonchev–Trinajstić information content (AvgIpc) is 2.98. The second-order valence-corrected chi connectivity index (χ2v) is 11.1. The zero-order valence-electron chi connectivity index (χ0n) is 24.3. The molecule has 0 spiro atoms. The molecule has 4 aromatic carbocycles. The molecule has 0 fully saturated rings. The van der Waals surface area contributed by atoms with Crippen LogP contribution in [0.5, 0.6) is 0 Å². The summed E-state index contributed by atoms with van der Waals surface area (Å²) in [7, 11) is 2.03. The smallest absolute Gasteiger partial charge is 0.115 e. The number of anilines is 4. The van der Waals surface area contributed by atoms with Gasteiger partial charge in [0.25, 0.3) is 0 Å². The van der Waals surface area contributed by atoms with E-state index < -0.39 is 0 Å². The minimum absolute atomic E-state index is 0.0186. The lowest BCUT2D eigenvalue weighted by Crippen LogP contribution is -2.27. The van der Waals surface area contributed by atoms with Crippen LogP contribution in [0.1, 0.15) is 37.5 Å². The van der Waals surface area contributed by atoms with E-state index in [4.69, 9.17) is 16.3 Å². The zero-order chi connectivity index (χ0) is 29.5. The quantitative estimate of drug-likeness (QED) is 0.173. The van der Waals surface area contributed by atoms with Crippen LogP contribution in [0.4, 0.5) is 22.7 Å². The Bertz CT molecular complexity index is 1460. The highest BCUT2D eigenvalue weighted by molar-refractivity contribution is 6.30. The van der Waals surface area contributed by atoms with Gasteiger partial charge in [-0.25, -0.2) is 0 Å². The maximum absolute atomic E-state index is 10.5. The summed E-state index contributed by atoms with van der Waals surface area (Å²) in [5, 5.41) is 11.2. The van der Waals surface area contributed by atoms with E-state index in [0.717, 1.165) is 46.0 Å². The lowest BCUT2D eigenvalue weighted by molar-refractivity contribution is 0.0572. The molecule has 0 aromatic heterocycles. The summed E-state index contributed by atoms with van der Waals surface area (Å²) in [6.07, 6.45) is 0.177. The van der Waals surface area contributed by atoms with Gasteiger partial charge in [0.15, 0.2) is 0 Å². The third-order valence-corrected chi connectivity index (χ3v) is 7.26. The van der Waals surface area contributed by atoms with Crippen molar-refractivity contribution in [3.8, 4) is 0 Å². The summed E-state index contributed by atoms with van der Waals surface area (Å²) in [6, 6.07) is 32.4. The Morgan fingerprint density at radius 2 is 1.34 bits per heavy atom. The Hall–Kier alpha value is -3.99. The molecule has 4 nitrogen and oxygen atoms in total. The number of rotatable bonds is 12. The van der Waals surface area contributed by atoms with Crippen molar-refractivity contribution in [1.29, 1.82) is 0 Å². The summed E-state index contributed by atoms with van der Waals surface area (Å²) in [4.78, 5) is 4.38. The van der Waals surface area contributed by atoms with Crippen LogP contribution in [0.3, 0.4) is 0 Å². The van der Waals surface area contributed by atoms with Crippen molar-refractivity contribution in [1.82, 2.24) is 0 Å². The number of ether oxygens (including phenoxy) is 1. The maximum atomic E-state index is 10.5. The van der Waals surface area contributed by atoms with E-state index in [0.29, 0.717) is 17.2 Å². The Morgan fingerprint density at radius 3 is 1.93 bits per heavy atom. The summed E-state index contributed by atoms with van der Waals surface area (Å²) in [6.45, 7) is 16.0. The van der Waals surface area contributed by atoms with Crippen molar-refractivity contribution in [3.05, 3.63) is 132 Å². The van der Waals surface area contributed by atoms with Crippen LogP contribution in [0.2, 0.25) is 5.02 Å². The summed E-state index contributed by atoms with van der Waals surface area (Å²) < 4.78 is 5.91. The van der Waals surface area contributed by atoms with Gasteiger partial charge in [0.2, 0.25) is 0 Å². The van der Waals surface area contributed by atoms with Gasteiger partial charge in [0.1, 0.15) is 5.76 Å². The van der Waals surface area contributed by atoms with Crippen molar-refractivity contribution >= 4 is 45.7 Å². The minimum atomic E-state index is 0.0186. The first kappa shape index (κ1) is 30.0. The highest BCUT2D eigenvalue weighted by Crippen LogP contribution is 2.34. The number of benzene rings is 4. The fraction of sp³-hybridized carbons (Fsp3) is 0.222. The first-order valence-electron chi connectivity index (χ1n) is 13.9. The Balaban J connectivity index is 1.66. The zero-order valence-corrected chi connectivity index (χ0v) is 25.1. The van der Waals surface area contributed by atoms with E-state index in [1.807, 2.05) is 61.6 Å². The SMILES string of the molecule is C=C(O)c1cc(C(=C)c2ccc(N(C)c3ccc(Cl)cc3)cc2)cc(N(CC(C)COC(C)C)c2ccccc2)c1. The predicted octanol–water partition coefficient (Wildman–Crippen LogP) is 9.90. The second kappa shape index (κ2) is 13.6. The van der Waals surface area contributed by atoms with Crippen molar-refractivity contribution in [2.45, 2.75) is 26.9 Å². The number of nitrogens with zero attached hydrogens (tertiary/aromatic N) is 2. The van der Waals surface area contributed by atoms with E-state index in [-0.39, 0.29) is 17.8 Å².